The molecule has 0 aromatic carbocycles. The van der Waals surface area contributed by atoms with E-state index in [-0.39, 0.29) is 0 Å². The molecule has 0 aliphatic carbocycles. The van der Waals surface area contributed by atoms with Crippen molar-refractivity contribution >= 4 is 0 Å². The third-order valence-electron chi connectivity index (χ3n) is 2.59. The van der Waals surface area contributed by atoms with E-state index in [2.05, 4.69) is 10.4 Å². The summed E-state index contributed by atoms with van der Waals surface area (Å²) in [5, 5.41) is 6.88. The molecule has 16 heavy (non-hydrogen) atoms. The van der Waals surface area contributed by atoms with Gasteiger partial charge >= 0.3 is 0 Å². The predicted octanol–water partition coefficient (Wildman–Crippen LogP) is 1.99. The second-order valence-electron chi connectivity index (χ2n) is 3.88. The standard InChI is InChI=1S/C11H19F2N3/c1-3-7-14-10(11(12)13)5-4-9-6-8-15-16(9)2/h6,8,10-11,14H,3-5,7H2,1-2H3. The van der Waals surface area contributed by atoms with Crippen molar-refractivity contribution in [2.24, 2.45) is 7.05 Å². The van der Waals surface area contributed by atoms with Crippen LogP contribution in [-0.4, -0.2) is 28.8 Å². The average molecular weight is 231 g/mol. The summed E-state index contributed by atoms with van der Waals surface area (Å²) < 4.78 is 27.1. The van der Waals surface area contributed by atoms with Gasteiger partial charge in [-0.3, -0.25) is 4.68 Å². The first-order valence-electron chi connectivity index (χ1n) is 5.63. The molecule has 0 fully saturated rings. The highest BCUT2D eigenvalue weighted by Gasteiger charge is 2.19. The lowest BCUT2D eigenvalue weighted by molar-refractivity contribution is 0.0941. The number of aryl methyl sites for hydroxylation is 2. The predicted molar refractivity (Wildman–Crippen MR) is 59.6 cm³/mol. The Morgan fingerprint density at radius 1 is 1.50 bits per heavy atom. The van der Waals surface area contributed by atoms with Crippen LogP contribution in [-0.2, 0) is 13.5 Å². The van der Waals surface area contributed by atoms with E-state index >= 15 is 0 Å². The second kappa shape index (κ2) is 6.58. The Labute approximate surface area is 94.8 Å². The monoisotopic (exact) mass is 231 g/mol. The van der Waals surface area contributed by atoms with Crippen molar-refractivity contribution in [3.05, 3.63) is 18.0 Å². The quantitative estimate of drug-likeness (QED) is 0.777. The maximum absolute atomic E-state index is 12.7. The number of rotatable bonds is 7. The number of hydrogen-bond donors (Lipinski definition) is 1. The number of nitrogens with zero attached hydrogens (tertiary/aromatic N) is 2. The third-order valence-corrected chi connectivity index (χ3v) is 2.59. The van der Waals surface area contributed by atoms with Crippen LogP contribution in [0, 0.1) is 0 Å². The molecule has 92 valence electrons. The molecule has 5 heteroatoms. The number of alkyl halides is 2. The molecule has 1 atom stereocenters. The molecule has 3 nitrogen and oxygen atoms in total. The van der Waals surface area contributed by atoms with E-state index in [0.717, 1.165) is 12.1 Å². The number of nitrogens with one attached hydrogen (secondary N) is 1. The molecule has 0 amide bonds. The molecule has 0 saturated carbocycles. The van der Waals surface area contributed by atoms with E-state index in [1.54, 1.807) is 10.9 Å². The molecular formula is C11H19F2N3. The van der Waals surface area contributed by atoms with Gasteiger partial charge in [0.15, 0.2) is 0 Å². The maximum atomic E-state index is 12.7. The fraction of sp³-hybridized carbons (Fsp3) is 0.727. The van der Waals surface area contributed by atoms with Crippen molar-refractivity contribution in [1.29, 1.82) is 0 Å². The Balaban J connectivity index is 2.40. The van der Waals surface area contributed by atoms with Gasteiger partial charge in [0, 0.05) is 18.9 Å². The molecule has 0 radical (unpaired) electrons. The van der Waals surface area contributed by atoms with Crippen LogP contribution in [0.15, 0.2) is 12.3 Å². The van der Waals surface area contributed by atoms with E-state index in [1.165, 1.54) is 0 Å². The normalized spacial score (nSPS) is 13.3. The van der Waals surface area contributed by atoms with Gasteiger partial charge in [-0.15, -0.1) is 0 Å². The molecule has 0 spiro atoms. The van der Waals surface area contributed by atoms with Gasteiger partial charge in [0.1, 0.15) is 0 Å². The SMILES string of the molecule is CCCNC(CCc1ccnn1C)C(F)F. The average Bonchev–Trinajstić information content (AvgIpc) is 2.64. The molecule has 1 rings (SSSR count). The van der Waals surface area contributed by atoms with Crippen LogP contribution < -0.4 is 5.32 Å². The van der Waals surface area contributed by atoms with Gasteiger partial charge in [-0.2, -0.15) is 5.10 Å². The Kier molecular flexibility index (Phi) is 5.38. The summed E-state index contributed by atoms with van der Waals surface area (Å²) in [5.41, 5.74) is 0.990. The number of halogens is 2. The minimum atomic E-state index is -2.31. The molecule has 0 aliphatic rings. The lowest BCUT2D eigenvalue weighted by Crippen LogP contribution is -2.36. The summed E-state index contributed by atoms with van der Waals surface area (Å²) in [4.78, 5) is 0. The molecule has 1 heterocycles. The van der Waals surface area contributed by atoms with Crippen LogP contribution in [0.3, 0.4) is 0 Å². The summed E-state index contributed by atoms with van der Waals surface area (Å²) in [6.07, 6.45) is 1.32. The van der Waals surface area contributed by atoms with Crippen molar-refractivity contribution in [2.45, 2.75) is 38.7 Å². The van der Waals surface area contributed by atoms with Gasteiger partial charge in [0.2, 0.25) is 0 Å². The summed E-state index contributed by atoms with van der Waals surface area (Å²) in [6, 6.07) is 1.15. The molecule has 0 saturated heterocycles. The van der Waals surface area contributed by atoms with Gasteiger partial charge in [-0.25, -0.2) is 8.78 Å². The minimum absolute atomic E-state index is 0.442. The van der Waals surface area contributed by atoms with Gasteiger partial charge in [-0.1, -0.05) is 6.92 Å². The molecule has 1 aromatic rings. The number of aromatic nitrogens is 2. The highest BCUT2D eigenvalue weighted by molar-refractivity contribution is 5.00. The molecule has 1 aromatic heterocycles. The van der Waals surface area contributed by atoms with E-state index in [1.807, 2.05) is 20.0 Å². The fourth-order valence-corrected chi connectivity index (χ4v) is 1.60. The summed E-state index contributed by atoms with van der Waals surface area (Å²) in [7, 11) is 1.83. The van der Waals surface area contributed by atoms with Crippen LogP contribution in [0.5, 0.6) is 0 Å². The van der Waals surface area contributed by atoms with Crippen molar-refractivity contribution in [3.63, 3.8) is 0 Å². The highest BCUT2D eigenvalue weighted by Crippen LogP contribution is 2.10. The van der Waals surface area contributed by atoms with Gasteiger partial charge < -0.3 is 5.32 Å². The second-order valence-corrected chi connectivity index (χ2v) is 3.88. The van der Waals surface area contributed by atoms with E-state index in [4.69, 9.17) is 0 Å². The molecule has 0 aliphatic heterocycles. The van der Waals surface area contributed by atoms with Crippen molar-refractivity contribution in [1.82, 2.24) is 15.1 Å². The minimum Gasteiger partial charge on any atom is -0.309 e. The first-order valence-corrected chi connectivity index (χ1v) is 5.63. The van der Waals surface area contributed by atoms with Crippen LogP contribution in [0.2, 0.25) is 0 Å². The summed E-state index contributed by atoms with van der Waals surface area (Å²) >= 11 is 0. The first kappa shape index (κ1) is 13.1. The number of hydrogen-bond acceptors (Lipinski definition) is 2. The van der Waals surface area contributed by atoms with E-state index in [0.29, 0.717) is 19.4 Å². The molecular weight excluding hydrogens is 212 g/mol. The van der Waals surface area contributed by atoms with Crippen molar-refractivity contribution in [3.8, 4) is 0 Å². The molecule has 1 N–H and O–H groups in total. The van der Waals surface area contributed by atoms with Crippen molar-refractivity contribution in [2.75, 3.05) is 6.54 Å². The van der Waals surface area contributed by atoms with Crippen LogP contribution in [0.25, 0.3) is 0 Å². The highest BCUT2D eigenvalue weighted by atomic mass is 19.3. The van der Waals surface area contributed by atoms with Gasteiger partial charge in [0.25, 0.3) is 6.43 Å². The summed E-state index contributed by atoms with van der Waals surface area (Å²) in [5.74, 6) is 0. The first-order chi connectivity index (χ1) is 7.65. The smallest absolute Gasteiger partial charge is 0.253 e. The largest absolute Gasteiger partial charge is 0.309 e. The van der Waals surface area contributed by atoms with Crippen molar-refractivity contribution < 1.29 is 8.78 Å². The van der Waals surface area contributed by atoms with Crippen LogP contribution in [0.4, 0.5) is 8.78 Å². The fourth-order valence-electron chi connectivity index (χ4n) is 1.60. The zero-order valence-electron chi connectivity index (χ0n) is 9.79. The Morgan fingerprint density at radius 3 is 2.75 bits per heavy atom. The van der Waals surface area contributed by atoms with Gasteiger partial charge in [-0.05, 0) is 31.9 Å². The molecule has 0 bridgehead atoms. The zero-order chi connectivity index (χ0) is 12.0. The lowest BCUT2D eigenvalue weighted by atomic mass is 10.1. The Bertz CT molecular complexity index is 299. The maximum Gasteiger partial charge on any atom is 0.253 e. The topological polar surface area (TPSA) is 29.9 Å². The zero-order valence-corrected chi connectivity index (χ0v) is 9.79. The van der Waals surface area contributed by atoms with Crippen LogP contribution in [0.1, 0.15) is 25.5 Å². The summed E-state index contributed by atoms with van der Waals surface area (Å²) in [6.45, 7) is 2.61. The third kappa shape index (κ3) is 3.89. The lowest BCUT2D eigenvalue weighted by Gasteiger charge is -2.17. The van der Waals surface area contributed by atoms with Crippen LogP contribution >= 0.6 is 0 Å². The van der Waals surface area contributed by atoms with E-state index in [9.17, 15) is 8.78 Å². The Morgan fingerprint density at radius 2 is 2.25 bits per heavy atom. The van der Waals surface area contributed by atoms with Gasteiger partial charge in [0.05, 0.1) is 6.04 Å². The Hall–Kier alpha value is -0.970. The van der Waals surface area contributed by atoms with E-state index < -0.39 is 12.5 Å². The molecule has 1 unspecified atom stereocenters.